The smallest absolute Gasteiger partial charge is 0.320 e. The fourth-order valence-corrected chi connectivity index (χ4v) is 0.955. The van der Waals surface area contributed by atoms with Crippen molar-refractivity contribution in [3.63, 3.8) is 0 Å². The van der Waals surface area contributed by atoms with E-state index in [2.05, 4.69) is 0 Å². The lowest BCUT2D eigenvalue weighted by molar-refractivity contribution is -0.138. The standard InChI is InChI=1S/C9H11NO2.C2H3ClO/c10-8(9(11)12)6-7-4-2-1-3-5-7;3-1-2-4/h1-5,8H,6,10H2,(H,11,12);2H,1H2/t8-;/m0./s1. The molecule has 0 aliphatic carbocycles. The predicted molar refractivity (Wildman–Crippen MR) is 62.5 cm³/mol. The third-order valence-electron chi connectivity index (χ3n) is 1.68. The molecule has 0 bridgehead atoms. The first kappa shape index (κ1) is 14.6. The van der Waals surface area contributed by atoms with Gasteiger partial charge >= 0.3 is 5.97 Å². The van der Waals surface area contributed by atoms with Gasteiger partial charge in [0.1, 0.15) is 12.3 Å². The number of aldehydes is 1. The number of aliphatic carboxylic acids is 1. The molecule has 0 spiro atoms. The molecule has 1 aromatic carbocycles. The number of hydrogen-bond donors (Lipinski definition) is 2. The quantitative estimate of drug-likeness (QED) is 0.612. The predicted octanol–water partition coefficient (Wildman–Crippen LogP) is 1.07. The summed E-state index contributed by atoms with van der Waals surface area (Å²) in [5.41, 5.74) is 6.30. The van der Waals surface area contributed by atoms with Gasteiger partial charge in [-0.1, -0.05) is 30.3 Å². The number of carbonyl (C=O) groups is 2. The molecule has 16 heavy (non-hydrogen) atoms. The van der Waals surface area contributed by atoms with Gasteiger partial charge in [-0.25, -0.2) is 0 Å². The number of carboxylic acid groups (broad SMARTS) is 1. The maximum atomic E-state index is 10.4. The molecule has 0 radical (unpaired) electrons. The van der Waals surface area contributed by atoms with Crippen LogP contribution in [0.5, 0.6) is 0 Å². The summed E-state index contributed by atoms with van der Waals surface area (Å²) in [6.45, 7) is 0. The van der Waals surface area contributed by atoms with Crippen LogP contribution in [-0.4, -0.2) is 29.3 Å². The molecule has 0 unspecified atom stereocenters. The van der Waals surface area contributed by atoms with Crippen LogP contribution in [0.2, 0.25) is 0 Å². The number of halogens is 1. The Bertz CT molecular complexity index is 316. The molecule has 0 fully saturated rings. The van der Waals surface area contributed by atoms with Crippen LogP contribution in [0.15, 0.2) is 30.3 Å². The summed E-state index contributed by atoms with van der Waals surface area (Å²) in [6, 6.07) is 8.54. The van der Waals surface area contributed by atoms with Crippen molar-refractivity contribution in [1.82, 2.24) is 0 Å². The van der Waals surface area contributed by atoms with Crippen LogP contribution in [0.25, 0.3) is 0 Å². The molecule has 0 saturated carbocycles. The van der Waals surface area contributed by atoms with Gasteiger partial charge in [-0.3, -0.25) is 4.79 Å². The van der Waals surface area contributed by atoms with Gasteiger partial charge in [-0.05, 0) is 12.0 Å². The molecule has 88 valence electrons. The average molecular weight is 244 g/mol. The number of nitrogens with two attached hydrogens (primary N) is 1. The molecule has 1 atom stereocenters. The van der Waals surface area contributed by atoms with E-state index in [4.69, 9.17) is 27.2 Å². The molecule has 4 nitrogen and oxygen atoms in total. The number of carboxylic acids is 1. The second kappa shape index (κ2) is 8.88. The van der Waals surface area contributed by atoms with Gasteiger partial charge in [0, 0.05) is 0 Å². The van der Waals surface area contributed by atoms with E-state index in [1.165, 1.54) is 0 Å². The summed E-state index contributed by atoms with van der Waals surface area (Å²) >= 11 is 4.82. The van der Waals surface area contributed by atoms with E-state index >= 15 is 0 Å². The highest BCUT2D eigenvalue weighted by Crippen LogP contribution is 2.01. The molecule has 0 heterocycles. The van der Waals surface area contributed by atoms with E-state index in [9.17, 15) is 4.79 Å². The normalized spacial score (nSPS) is 10.9. The Hall–Kier alpha value is -1.39. The van der Waals surface area contributed by atoms with Crippen molar-refractivity contribution in [2.45, 2.75) is 12.5 Å². The zero-order chi connectivity index (χ0) is 12.4. The number of hydrogen-bond acceptors (Lipinski definition) is 3. The second-order valence-electron chi connectivity index (χ2n) is 2.96. The van der Waals surface area contributed by atoms with Gasteiger partial charge in [-0.2, -0.15) is 0 Å². The maximum absolute atomic E-state index is 10.4. The van der Waals surface area contributed by atoms with Gasteiger partial charge in [0.05, 0.1) is 5.88 Å². The number of benzene rings is 1. The largest absolute Gasteiger partial charge is 0.480 e. The number of carbonyl (C=O) groups excluding carboxylic acids is 1. The van der Waals surface area contributed by atoms with Crippen LogP contribution in [0.3, 0.4) is 0 Å². The summed E-state index contributed by atoms with van der Waals surface area (Å²) < 4.78 is 0. The van der Waals surface area contributed by atoms with Crippen molar-refractivity contribution < 1.29 is 14.7 Å². The molecule has 5 heteroatoms. The Kier molecular flexibility index (Phi) is 8.11. The molecule has 0 aliphatic rings. The van der Waals surface area contributed by atoms with Crippen LogP contribution in [0.4, 0.5) is 0 Å². The van der Waals surface area contributed by atoms with Crippen molar-refractivity contribution in [3.8, 4) is 0 Å². The fourth-order valence-electron chi connectivity index (χ4n) is 0.955. The van der Waals surface area contributed by atoms with Crippen molar-refractivity contribution >= 4 is 23.9 Å². The van der Waals surface area contributed by atoms with Gasteiger partial charge in [0.15, 0.2) is 0 Å². The van der Waals surface area contributed by atoms with Gasteiger partial charge in [-0.15, -0.1) is 11.6 Å². The Balaban J connectivity index is 0.000000487. The van der Waals surface area contributed by atoms with Crippen molar-refractivity contribution in [3.05, 3.63) is 35.9 Å². The summed E-state index contributed by atoms with van der Waals surface area (Å²) in [7, 11) is 0. The first-order chi connectivity index (χ1) is 7.61. The Morgan fingerprint density at radius 2 is 1.94 bits per heavy atom. The van der Waals surface area contributed by atoms with Crippen molar-refractivity contribution in [2.24, 2.45) is 5.73 Å². The van der Waals surface area contributed by atoms with Crippen LogP contribution in [0, 0.1) is 0 Å². The molecule has 0 saturated heterocycles. The summed E-state index contributed by atoms with van der Waals surface area (Å²) in [5, 5.41) is 8.52. The zero-order valence-corrected chi connectivity index (χ0v) is 9.43. The van der Waals surface area contributed by atoms with E-state index in [0.29, 0.717) is 12.7 Å². The zero-order valence-electron chi connectivity index (χ0n) is 8.67. The van der Waals surface area contributed by atoms with Gasteiger partial charge in [0.2, 0.25) is 0 Å². The topological polar surface area (TPSA) is 80.4 Å². The molecule has 0 amide bonds. The van der Waals surface area contributed by atoms with E-state index in [1.54, 1.807) is 0 Å². The van der Waals surface area contributed by atoms with Crippen LogP contribution in [0.1, 0.15) is 5.56 Å². The highest BCUT2D eigenvalue weighted by atomic mass is 35.5. The molecular formula is C11H14ClNO3. The lowest BCUT2D eigenvalue weighted by atomic mass is 10.1. The van der Waals surface area contributed by atoms with Crippen LogP contribution < -0.4 is 5.73 Å². The number of rotatable bonds is 4. The molecular weight excluding hydrogens is 230 g/mol. The van der Waals surface area contributed by atoms with E-state index in [1.807, 2.05) is 30.3 Å². The minimum absolute atomic E-state index is 0.111. The molecule has 1 aromatic rings. The summed E-state index contributed by atoms with van der Waals surface area (Å²) in [6.07, 6.45) is 1.03. The first-order valence-corrected chi connectivity index (χ1v) is 5.17. The van der Waals surface area contributed by atoms with E-state index in [0.717, 1.165) is 5.56 Å². The lowest BCUT2D eigenvalue weighted by Gasteiger charge is -2.04. The van der Waals surface area contributed by atoms with Crippen LogP contribution in [-0.2, 0) is 16.0 Å². The van der Waals surface area contributed by atoms with Gasteiger partial charge < -0.3 is 15.6 Å². The monoisotopic (exact) mass is 243 g/mol. The lowest BCUT2D eigenvalue weighted by Crippen LogP contribution is -2.32. The fraction of sp³-hybridized carbons (Fsp3) is 0.273. The SMILES string of the molecule is N[C@@H](Cc1ccccc1)C(=O)O.O=CCCl. The third kappa shape index (κ3) is 6.98. The van der Waals surface area contributed by atoms with Crippen molar-refractivity contribution in [2.75, 3.05) is 5.88 Å². The Morgan fingerprint density at radius 3 is 2.31 bits per heavy atom. The minimum Gasteiger partial charge on any atom is -0.480 e. The summed E-state index contributed by atoms with van der Waals surface area (Å²) in [5.74, 6) is -0.848. The molecule has 3 N–H and O–H groups in total. The van der Waals surface area contributed by atoms with E-state index < -0.39 is 12.0 Å². The highest BCUT2D eigenvalue weighted by molar-refractivity contribution is 6.24. The minimum atomic E-state index is -0.959. The highest BCUT2D eigenvalue weighted by Gasteiger charge is 2.10. The molecule has 0 aliphatic heterocycles. The molecule has 0 aromatic heterocycles. The van der Waals surface area contributed by atoms with Crippen molar-refractivity contribution in [1.29, 1.82) is 0 Å². The average Bonchev–Trinajstić information content (AvgIpc) is 2.30. The summed E-state index contributed by atoms with van der Waals surface area (Å²) in [4.78, 5) is 19.4. The van der Waals surface area contributed by atoms with Gasteiger partial charge in [0.25, 0.3) is 0 Å². The second-order valence-corrected chi connectivity index (χ2v) is 3.26. The molecule has 1 rings (SSSR count). The van der Waals surface area contributed by atoms with Crippen LogP contribution >= 0.6 is 11.6 Å². The Labute approximate surface area is 99.0 Å². The Morgan fingerprint density at radius 1 is 1.44 bits per heavy atom. The first-order valence-electron chi connectivity index (χ1n) is 4.63. The third-order valence-corrected chi connectivity index (χ3v) is 1.80. The number of alkyl halides is 1. The maximum Gasteiger partial charge on any atom is 0.320 e. The van der Waals surface area contributed by atoms with E-state index in [-0.39, 0.29) is 5.88 Å².